The fraction of sp³-hybridized carbons (Fsp3) is 0.667. The maximum absolute atomic E-state index is 5.76. The number of epoxide rings is 1. The van der Waals surface area contributed by atoms with Crippen molar-refractivity contribution in [1.29, 1.82) is 0 Å². The molecule has 0 aliphatic carbocycles. The van der Waals surface area contributed by atoms with Gasteiger partial charge in [0.15, 0.2) is 0 Å². The standard InChI is InChI=1S/C18H28O/c1-2-3-4-5-6-7-8-12-15-17-18(19-17)16-13-10-9-11-14-16/h9-11,13-14,17-18H,2-8,12,15H2,1H3/t17-,18+/m0/s1. The summed E-state index contributed by atoms with van der Waals surface area (Å²) in [6.07, 6.45) is 13.3. The maximum atomic E-state index is 5.76. The topological polar surface area (TPSA) is 12.5 Å². The molecule has 0 unspecified atom stereocenters. The predicted octanol–water partition coefficient (Wildman–Crippen LogP) is 5.66. The highest BCUT2D eigenvalue weighted by Gasteiger charge is 2.38. The molecule has 2 rings (SSSR count). The molecule has 0 N–H and O–H groups in total. The van der Waals surface area contributed by atoms with Crippen molar-refractivity contribution in [2.75, 3.05) is 0 Å². The number of unbranched alkanes of at least 4 members (excludes halogenated alkanes) is 7. The Morgan fingerprint density at radius 3 is 2.16 bits per heavy atom. The summed E-state index contributed by atoms with van der Waals surface area (Å²) in [6.45, 7) is 2.28. The molecule has 1 saturated heterocycles. The zero-order chi connectivity index (χ0) is 13.3. The van der Waals surface area contributed by atoms with Crippen molar-refractivity contribution in [3.05, 3.63) is 35.9 Å². The molecule has 1 fully saturated rings. The van der Waals surface area contributed by atoms with Gasteiger partial charge in [0.2, 0.25) is 0 Å². The van der Waals surface area contributed by atoms with Crippen molar-refractivity contribution < 1.29 is 4.74 Å². The van der Waals surface area contributed by atoms with Gasteiger partial charge >= 0.3 is 0 Å². The van der Waals surface area contributed by atoms with Gasteiger partial charge < -0.3 is 4.74 Å². The SMILES string of the molecule is CCCCCCCCCC[C@@H]1O[C@@H]1c1ccccc1. The molecule has 0 bridgehead atoms. The molecular weight excluding hydrogens is 232 g/mol. The van der Waals surface area contributed by atoms with Gasteiger partial charge in [-0.25, -0.2) is 0 Å². The second-order valence-electron chi connectivity index (χ2n) is 5.77. The van der Waals surface area contributed by atoms with Crippen LogP contribution in [0.3, 0.4) is 0 Å². The molecule has 1 aromatic rings. The first-order valence-electron chi connectivity index (χ1n) is 8.12. The largest absolute Gasteiger partial charge is 0.365 e. The first-order valence-corrected chi connectivity index (χ1v) is 8.12. The summed E-state index contributed by atoms with van der Waals surface area (Å²) in [5.41, 5.74) is 1.35. The number of rotatable bonds is 10. The van der Waals surface area contributed by atoms with E-state index < -0.39 is 0 Å². The lowest BCUT2D eigenvalue weighted by atomic mass is 10.0. The van der Waals surface area contributed by atoms with Crippen LogP contribution in [0.25, 0.3) is 0 Å². The van der Waals surface area contributed by atoms with E-state index in [0.29, 0.717) is 12.2 Å². The minimum Gasteiger partial charge on any atom is -0.365 e. The zero-order valence-electron chi connectivity index (χ0n) is 12.3. The van der Waals surface area contributed by atoms with Crippen LogP contribution in [0, 0.1) is 0 Å². The number of benzene rings is 1. The molecule has 1 heterocycles. The summed E-state index contributed by atoms with van der Waals surface area (Å²) in [5.74, 6) is 0. The Morgan fingerprint density at radius 2 is 1.47 bits per heavy atom. The highest BCUT2D eigenvalue weighted by molar-refractivity contribution is 5.22. The quantitative estimate of drug-likeness (QED) is 0.391. The van der Waals surface area contributed by atoms with Gasteiger partial charge in [-0.05, 0) is 12.0 Å². The van der Waals surface area contributed by atoms with Crippen molar-refractivity contribution in [2.45, 2.75) is 76.9 Å². The normalized spacial score (nSPS) is 21.5. The van der Waals surface area contributed by atoms with Crippen molar-refractivity contribution in [3.8, 4) is 0 Å². The van der Waals surface area contributed by atoms with Crippen molar-refractivity contribution in [1.82, 2.24) is 0 Å². The number of ether oxygens (including phenoxy) is 1. The van der Waals surface area contributed by atoms with Crippen molar-refractivity contribution >= 4 is 0 Å². The molecule has 2 atom stereocenters. The third-order valence-electron chi connectivity index (χ3n) is 4.05. The van der Waals surface area contributed by atoms with E-state index in [1.165, 1.54) is 63.4 Å². The Kier molecular flexibility index (Phi) is 6.43. The molecule has 0 radical (unpaired) electrons. The van der Waals surface area contributed by atoms with Crippen LogP contribution in [0.5, 0.6) is 0 Å². The third-order valence-corrected chi connectivity index (χ3v) is 4.05. The molecule has 1 heteroatoms. The lowest BCUT2D eigenvalue weighted by Crippen LogP contribution is -1.89. The molecule has 0 aromatic heterocycles. The molecule has 1 nitrogen and oxygen atoms in total. The molecule has 1 aromatic carbocycles. The van der Waals surface area contributed by atoms with Gasteiger partial charge in [-0.2, -0.15) is 0 Å². The summed E-state index contributed by atoms with van der Waals surface area (Å²) in [6, 6.07) is 10.6. The lowest BCUT2D eigenvalue weighted by Gasteiger charge is -2.00. The lowest BCUT2D eigenvalue weighted by molar-refractivity contribution is 0.360. The van der Waals surface area contributed by atoms with Crippen LogP contribution < -0.4 is 0 Å². The second-order valence-corrected chi connectivity index (χ2v) is 5.77. The highest BCUT2D eigenvalue weighted by atomic mass is 16.6. The summed E-state index contributed by atoms with van der Waals surface area (Å²) < 4.78 is 5.76. The molecule has 0 saturated carbocycles. The van der Waals surface area contributed by atoms with E-state index in [0.717, 1.165) is 0 Å². The van der Waals surface area contributed by atoms with Crippen LogP contribution in [-0.4, -0.2) is 6.10 Å². The molecule has 106 valence electrons. The van der Waals surface area contributed by atoms with E-state index in [1.54, 1.807) is 0 Å². The first-order chi connectivity index (χ1) is 9.42. The average Bonchev–Trinajstić information content (AvgIpc) is 3.22. The van der Waals surface area contributed by atoms with E-state index in [-0.39, 0.29) is 0 Å². The van der Waals surface area contributed by atoms with E-state index in [1.807, 2.05) is 0 Å². The van der Waals surface area contributed by atoms with Gasteiger partial charge in [-0.3, -0.25) is 0 Å². The number of hydrogen-bond acceptors (Lipinski definition) is 1. The zero-order valence-corrected chi connectivity index (χ0v) is 12.3. The van der Waals surface area contributed by atoms with Crippen LogP contribution in [-0.2, 0) is 4.74 Å². The average molecular weight is 260 g/mol. The Labute approximate surface area is 118 Å². The van der Waals surface area contributed by atoms with Crippen LogP contribution in [0.2, 0.25) is 0 Å². The highest BCUT2D eigenvalue weighted by Crippen LogP contribution is 2.41. The molecule has 0 amide bonds. The fourth-order valence-corrected chi connectivity index (χ4v) is 2.78. The van der Waals surface area contributed by atoms with Gasteiger partial charge in [-0.1, -0.05) is 88.6 Å². The van der Waals surface area contributed by atoms with E-state index in [2.05, 4.69) is 37.3 Å². The van der Waals surface area contributed by atoms with Gasteiger partial charge in [0.05, 0.1) is 6.10 Å². The molecule has 0 spiro atoms. The summed E-state index contributed by atoms with van der Waals surface area (Å²) in [4.78, 5) is 0. The van der Waals surface area contributed by atoms with Gasteiger partial charge in [0, 0.05) is 0 Å². The van der Waals surface area contributed by atoms with Gasteiger partial charge in [0.1, 0.15) is 6.10 Å². The smallest absolute Gasteiger partial charge is 0.109 e. The maximum Gasteiger partial charge on any atom is 0.109 e. The van der Waals surface area contributed by atoms with Crippen molar-refractivity contribution in [3.63, 3.8) is 0 Å². The molecular formula is C18H28O. The Morgan fingerprint density at radius 1 is 0.842 bits per heavy atom. The first kappa shape index (κ1) is 14.6. The summed E-state index contributed by atoms with van der Waals surface area (Å²) in [5, 5.41) is 0. The summed E-state index contributed by atoms with van der Waals surface area (Å²) >= 11 is 0. The van der Waals surface area contributed by atoms with Crippen LogP contribution in [0.1, 0.15) is 76.4 Å². The Hall–Kier alpha value is -0.820. The van der Waals surface area contributed by atoms with Gasteiger partial charge in [-0.15, -0.1) is 0 Å². The minimum atomic E-state index is 0.394. The van der Waals surface area contributed by atoms with E-state index >= 15 is 0 Å². The van der Waals surface area contributed by atoms with Crippen LogP contribution in [0.4, 0.5) is 0 Å². The third kappa shape index (κ3) is 5.36. The monoisotopic (exact) mass is 260 g/mol. The van der Waals surface area contributed by atoms with Gasteiger partial charge in [0.25, 0.3) is 0 Å². The Balaban J connectivity index is 1.45. The van der Waals surface area contributed by atoms with E-state index in [4.69, 9.17) is 4.74 Å². The molecule has 1 aliphatic heterocycles. The van der Waals surface area contributed by atoms with Crippen LogP contribution >= 0.6 is 0 Å². The molecule has 19 heavy (non-hydrogen) atoms. The second kappa shape index (κ2) is 8.37. The fourth-order valence-electron chi connectivity index (χ4n) is 2.78. The number of hydrogen-bond donors (Lipinski definition) is 0. The molecule has 1 aliphatic rings. The van der Waals surface area contributed by atoms with Crippen molar-refractivity contribution in [2.24, 2.45) is 0 Å². The summed E-state index contributed by atoms with van der Waals surface area (Å²) in [7, 11) is 0. The minimum absolute atomic E-state index is 0.394. The van der Waals surface area contributed by atoms with Crippen LogP contribution in [0.15, 0.2) is 30.3 Å². The predicted molar refractivity (Wildman–Crippen MR) is 81.3 cm³/mol. The Bertz CT molecular complexity index is 333. The van der Waals surface area contributed by atoms with E-state index in [9.17, 15) is 0 Å².